The number of esters is 1. The van der Waals surface area contributed by atoms with Gasteiger partial charge in [0.05, 0.1) is 15.0 Å². The van der Waals surface area contributed by atoms with Crippen LogP contribution >= 0.6 is 23.2 Å². The van der Waals surface area contributed by atoms with E-state index >= 15 is 0 Å². The zero-order valence-electron chi connectivity index (χ0n) is 15.4. The van der Waals surface area contributed by atoms with Gasteiger partial charge in [0.1, 0.15) is 11.5 Å². The van der Waals surface area contributed by atoms with Crippen LogP contribution in [0.2, 0.25) is 10.0 Å². The summed E-state index contributed by atoms with van der Waals surface area (Å²) < 4.78 is 11.0. The lowest BCUT2D eigenvalue weighted by Crippen LogP contribution is -2.08. The molecule has 0 bridgehead atoms. The highest BCUT2D eigenvalue weighted by Crippen LogP contribution is 2.31. The topological polar surface area (TPSA) is 94.9 Å². The first kappa shape index (κ1) is 19.9. The van der Waals surface area contributed by atoms with Gasteiger partial charge in [-0.3, -0.25) is 10.1 Å². The van der Waals surface area contributed by atoms with E-state index in [1.54, 1.807) is 43.3 Å². The Bertz CT molecular complexity index is 1260. The minimum atomic E-state index is -0.677. The first-order chi connectivity index (χ1) is 14.3. The van der Waals surface area contributed by atoms with E-state index in [0.29, 0.717) is 32.7 Å². The Morgan fingerprint density at radius 1 is 1.10 bits per heavy atom. The lowest BCUT2D eigenvalue weighted by Gasteiger charge is -2.04. The number of benzene rings is 2. The van der Waals surface area contributed by atoms with Gasteiger partial charge in [-0.15, -0.1) is 0 Å². The molecule has 9 heteroatoms. The first-order valence-corrected chi connectivity index (χ1v) is 9.41. The largest absolute Gasteiger partial charge is 0.457 e. The van der Waals surface area contributed by atoms with Gasteiger partial charge in [0.2, 0.25) is 5.90 Å². The van der Waals surface area contributed by atoms with Crippen LogP contribution in [0.1, 0.15) is 16.9 Å². The van der Waals surface area contributed by atoms with Crippen molar-refractivity contribution in [2.75, 3.05) is 0 Å². The Balaban J connectivity index is 1.65. The summed E-state index contributed by atoms with van der Waals surface area (Å²) in [7, 11) is 0. The van der Waals surface area contributed by atoms with Crippen LogP contribution in [0.3, 0.4) is 0 Å². The Hall–Kier alpha value is -3.42. The number of nitro groups is 1. The molecular formula is C21H12Cl2N2O5. The average molecular weight is 443 g/mol. The molecule has 0 radical (unpaired) electrons. The van der Waals surface area contributed by atoms with Crippen LogP contribution in [0.4, 0.5) is 5.69 Å². The van der Waals surface area contributed by atoms with Gasteiger partial charge >= 0.3 is 5.97 Å². The maximum atomic E-state index is 12.2. The second-order valence-corrected chi connectivity index (χ2v) is 7.19. The zero-order chi connectivity index (χ0) is 21.4. The number of hydrogen-bond donors (Lipinski definition) is 0. The van der Waals surface area contributed by atoms with Crippen molar-refractivity contribution in [1.29, 1.82) is 0 Å². The van der Waals surface area contributed by atoms with Crippen LogP contribution in [-0.2, 0) is 9.53 Å². The molecule has 1 aliphatic rings. The third-order valence-corrected chi connectivity index (χ3v) is 5.20. The minimum absolute atomic E-state index is 0.00344. The summed E-state index contributed by atoms with van der Waals surface area (Å²) in [6.07, 6.45) is 1.43. The van der Waals surface area contributed by atoms with Gasteiger partial charge in [0.15, 0.2) is 5.70 Å². The molecule has 1 aliphatic heterocycles. The average Bonchev–Trinajstić information content (AvgIpc) is 3.31. The highest BCUT2D eigenvalue weighted by atomic mass is 35.5. The molecule has 0 atom stereocenters. The number of carbonyl (C=O) groups is 1. The van der Waals surface area contributed by atoms with E-state index in [4.69, 9.17) is 32.4 Å². The Morgan fingerprint density at radius 3 is 2.63 bits per heavy atom. The SMILES string of the molecule is Cc1c(C2=N/C(=C\c3ccc(-c4ccc(Cl)c(Cl)c4)o3)C(=O)O2)cccc1[N+](=O)[O-]. The molecule has 4 rings (SSSR count). The predicted molar refractivity (Wildman–Crippen MR) is 113 cm³/mol. The third-order valence-electron chi connectivity index (χ3n) is 4.46. The summed E-state index contributed by atoms with van der Waals surface area (Å²) in [4.78, 5) is 27.1. The van der Waals surface area contributed by atoms with Crippen LogP contribution < -0.4 is 0 Å². The van der Waals surface area contributed by atoms with E-state index in [9.17, 15) is 14.9 Å². The summed E-state index contributed by atoms with van der Waals surface area (Å²) in [5, 5.41) is 12.0. The summed E-state index contributed by atoms with van der Waals surface area (Å²) in [5.41, 5.74) is 1.39. The summed E-state index contributed by atoms with van der Waals surface area (Å²) in [6, 6.07) is 13.0. The lowest BCUT2D eigenvalue weighted by atomic mass is 10.1. The predicted octanol–water partition coefficient (Wildman–Crippen LogP) is 5.81. The van der Waals surface area contributed by atoms with Crippen molar-refractivity contribution >= 4 is 46.8 Å². The number of aliphatic imine (C=N–C) groups is 1. The van der Waals surface area contributed by atoms with E-state index in [1.807, 2.05) is 0 Å². The fourth-order valence-corrected chi connectivity index (χ4v) is 3.25. The molecule has 0 saturated heterocycles. The van der Waals surface area contributed by atoms with Crippen molar-refractivity contribution in [3.63, 3.8) is 0 Å². The van der Waals surface area contributed by atoms with Crippen LogP contribution in [-0.4, -0.2) is 16.8 Å². The molecule has 3 aromatic rings. The van der Waals surface area contributed by atoms with Crippen molar-refractivity contribution in [2.45, 2.75) is 6.92 Å². The summed E-state index contributed by atoms with van der Waals surface area (Å²) in [5.74, 6) is 0.237. The number of nitrogens with zero attached hydrogens (tertiary/aromatic N) is 2. The van der Waals surface area contributed by atoms with Crippen molar-refractivity contribution in [3.8, 4) is 11.3 Å². The van der Waals surface area contributed by atoms with Crippen LogP contribution in [0, 0.1) is 17.0 Å². The fraction of sp³-hybridized carbons (Fsp3) is 0.0476. The summed E-state index contributed by atoms with van der Waals surface area (Å²) in [6.45, 7) is 1.57. The molecule has 150 valence electrons. The Labute approximate surface area is 180 Å². The smallest absolute Gasteiger partial charge is 0.363 e. The zero-order valence-corrected chi connectivity index (χ0v) is 16.9. The molecule has 0 unspecified atom stereocenters. The third kappa shape index (κ3) is 3.72. The van der Waals surface area contributed by atoms with Gasteiger partial charge in [-0.05, 0) is 43.3 Å². The van der Waals surface area contributed by atoms with Crippen molar-refractivity contribution in [3.05, 3.63) is 91.3 Å². The number of carbonyl (C=O) groups excluding carboxylic acids is 1. The summed E-state index contributed by atoms with van der Waals surface area (Å²) >= 11 is 12.0. The molecule has 2 heterocycles. The van der Waals surface area contributed by atoms with Gasteiger partial charge in [0.25, 0.3) is 5.69 Å². The van der Waals surface area contributed by atoms with E-state index in [-0.39, 0.29) is 17.3 Å². The standard InChI is InChI=1S/C21H12Cl2N2O5/c1-11-14(3-2-4-18(11)25(27)28)20-24-17(21(26)30-20)10-13-6-8-19(29-13)12-5-7-15(22)16(23)9-12/h2-10H,1H3/b17-10-. The number of hydrogen-bond acceptors (Lipinski definition) is 6. The van der Waals surface area contributed by atoms with E-state index in [1.165, 1.54) is 18.2 Å². The van der Waals surface area contributed by atoms with Gasteiger partial charge in [0, 0.05) is 28.8 Å². The van der Waals surface area contributed by atoms with Crippen LogP contribution in [0.25, 0.3) is 17.4 Å². The molecule has 30 heavy (non-hydrogen) atoms. The van der Waals surface area contributed by atoms with Crippen LogP contribution in [0.5, 0.6) is 0 Å². The highest BCUT2D eigenvalue weighted by molar-refractivity contribution is 6.42. The van der Waals surface area contributed by atoms with Gasteiger partial charge < -0.3 is 9.15 Å². The number of furan rings is 1. The van der Waals surface area contributed by atoms with Crippen molar-refractivity contribution in [1.82, 2.24) is 0 Å². The normalized spacial score (nSPS) is 14.7. The number of cyclic esters (lactones) is 1. The molecule has 0 fully saturated rings. The molecule has 7 nitrogen and oxygen atoms in total. The second kappa shape index (κ2) is 7.78. The van der Waals surface area contributed by atoms with Crippen molar-refractivity contribution in [2.24, 2.45) is 4.99 Å². The van der Waals surface area contributed by atoms with Crippen LogP contribution in [0.15, 0.2) is 63.6 Å². The monoisotopic (exact) mass is 442 g/mol. The minimum Gasteiger partial charge on any atom is -0.457 e. The van der Waals surface area contributed by atoms with E-state index in [0.717, 1.165) is 5.56 Å². The lowest BCUT2D eigenvalue weighted by molar-refractivity contribution is -0.385. The molecule has 0 aliphatic carbocycles. The van der Waals surface area contributed by atoms with Gasteiger partial charge in [-0.25, -0.2) is 9.79 Å². The number of rotatable bonds is 4. The molecule has 0 amide bonds. The maximum absolute atomic E-state index is 12.2. The molecule has 2 aromatic carbocycles. The molecule has 1 aromatic heterocycles. The van der Waals surface area contributed by atoms with Crippen molar-refractivity contribution < 1.29 is 18.9 Å². The number of nitro benzene ring substituents is 1. The number of halogens is 2. The molecule has 0 spiro atoms. The quantitative estimate of drug-likeness (QED) is 0.219. The first-order valence-electron chi connectivity index (χ1n) is 8.65. The number of ether oxygens (including phenoxy) is 1. The van der Waals surface area contributed by atoms with E-state index in [2.05, 4.69) is 4.99 Å². The fourth-order valence-electron chi connectivity index (χ4n) is 2.95. The molecule has 0 N–H and O–H groups in total. The molecule has 0 saturated carbocycles. The van der Waals surface area contributed by atoms with E-state index < -0.39 is 10.9 Å². The molecular weight excluding hydrogens is 431 g/mol. The van der Waals surface area contributed by atoms with Gasteiger partial charge in [-0.2, -0.15) is 0 Å². The Morgan fingerprint density at radius 2 is 1.90 bits per heavy atom. The highest BCUT2D eigenvalue weighted by Gasteiger charge is 2.27. The maximum Gasteiger partial charge on any atom is 0.363 e. The van der Waals surface area contributed by atoms with Gasteiger partial charge in [-0.1, -0.05) is 29.3 Å². The second-order valence-electron chi connectivity index (χ2n) is 6.37. The Kier molecular flexibility index (Phi) is 5.15.